The fraction of sp³-hybridized carbons (Fsp3) is 0.250. The molecular weight excluding hydrogens is 314 g/mol. The molecule has 0 saturated carbocycles. The van der Waals surface area contributed by atoms with Gasteiger partial charge in [0, 0.05) is 17.8 Å². The lowest BCUT2D eigenvalue weighted by atomic mass is 10.1. The van der Waals surface area contributed by atoms with Crippen molar-refractivity contribution in [2.24, 2.45) is 5.84 Å². The van der Waals surface area contributed by atoms with Crippen LogP contribution in [0, 0.1) is 0 Å². The Kier molecular flexibility index (Phi) is 5.05. The van der Waals surface area contributed by atoms with E-state index in [1.54, 1.807) is 11.2 Å². The molecule has 1 heterocycles. The molecule has 0 unspecified atom stereocenters. The molecule has 0 amide bonds. The number of anilines is 2. The van der Waals surface area contributed by atoms with Crippen LogP contribution in [0.3, 0.4) is 0 Å². The van der Waals surface area contributed by atoms with Gasteiger partial charge in [0.15, 0.2) is 11.5 Å². The lowest BCUT2D eigenvalue weighted by Crippen LogP contribution is -2.25. The van der Waals surface area contributed by atoms with Crippen molar-refractivity contribution < 1.29 is 9.47 Å². The molecule has 0 aliphatic carbocycles. The van der Waals surface area contributed by atoms with Gasteiger partial charge in [0.2, 0.25) is 0 Å². The van der Waals surface area contributed by atoms with Crippen LogP contribution in [0.5, 0.6) is 11.5 Å². The van der Waals surface area contributed by atoms with Crippen LogP contribution in [0.1, 0.15) is 20.8 Å². The maximum atomic E-state index is 6.42. The summed E-state index contributed by atoms with van der Waals surface area (Å²) in [6, 6.07) is 13.7. The summed E-state index contributed by atoms with van der Waals surface area (Å²) in [5.41, 5.74) is 1.62. The third-order valence-corrected chi connectivity index (χ3v) is 3.77. The molecule has 25 heavy (non-hydrogen) atoms. The second-order valence-electron chi connectivity index (χ2n) is 5.98. The van der Waals surface area contributed by atoms with Crippen LogP contribution in [0.25, 0.3) is 10.8 Å². The quantitative estimate of drug-likeness (QED) is 0.532. The normalized spacial score (nSPS) is 10.9. The van der Waals surface area contributed by atoms with Crippen molar-refractivity contribution in [2.45, 2.75) is 26.9 Å². The Labute approximate surface area is 148 Å². The van der Waals surface area contributed by atoms with Gasteiger partial charge in [-0.15, -0.1) is 0 Å². The number of benzene rings is 2. The van der Waals surface area contributed by atoms with E-state index >= 15 is 0 Å². The number of nitrogens with zero attached hydrogens (tertiary/aromatic N) is 2. The van der Waals surface area contributed by atoms with Crippen molar-refractivity contribution in [1.82, 2.24) is 4.98 Å². The smallest absolute Gasteiger partial charge is 0.186 e. The Morgan fingerprint density at radius 3 is 2.72 bits per heavy atom. The molecule has 0 fully saturated rings. The van der Waals surface area contributed by atoms with Crippen LogP contribution in [0.15, 0.2) is 54.9 Å². The monoisotopic (exact) mass is 337 g/mol. The van der Waals surface area contributed by atoms with E-state index < -0.39 is 0 Å². The Bertz CT molecular complexity index is 864. The molecule has 1 aromatic heterocycles. The molecule has 2 aromatic carbocycles. The fourth-order valence-corrected chi connectivity index (χ4v) is 2.69. The molecule has 0 atom stereocenters. The first-order chi connectivity index (χ1) is 12.1. The van der Waals surface area contributed by atoms with Gasteiger partial charge in [-0.05, 0) is 56.5 Å². The molecule has 5 heteroatoms. The highest BCUT2D eigenvalue weighted by Gasteiger charge is 2.17. The highest BCUT2D eigenvalue weighted by molar-refractivity contribution is 5.86. The van der Waals surface area contributed by atoms with Gasteiger partial charge in [0.1, 0.15) is 5.69 Å². The number of aromatic nitrogens is 1. The number of ether oxygens (including phenoxy) is 2. The van der Waals surface area contributed by atoms with Gasteiger partial charge < -0.3 is 9.47 Å². The van der Waals surface area contributed by atoms with Crippen LogP contribution in [0.2, 0.25) is 0 Å². The summed E-state index contributed by atoms with van der Waals surface area (Å²) in [5, 5.41) is 3.77. The number of fused-ring (bicyclic) bond motifs is 1. The number of hydrazine groups is 1. The predicted molar refractivity (Wildman–Crippen MR) is 101 cm³/mol. The van der Waals surface area contributed by atoms with E-state index in [-0.39, 0.29) is 6.10 Å². The summed E-state index contributed by atoms with van der Waals surface area (Å²) in [7, 11) is 0. The van der Waals surface area contributed by atoms with E-state index in [1.165, 1.54) is 0 Å². The summed E-state index contributed by atoms with van der Waals surface area (Å²) in [5.74, 6) is 7.76. The molecule has 3 aromatic rings. The third kappa shape index (κ3) is 3.67. The second-order valence-corrected chi connectivity index (χ2v) is 5.98. The molecular formula is C20H23N3O2. The maximum absolute atomic E-state index is 6.42. The minimum absolute atomic E-state index is 0.0499. The minimum atomic E-state index is 0.0499. The van der Waals surface area contributed by atoms with Gasteiger partial charge in [0.05, 0.1) is 18.4 Å². The van der Waals surface area contributed by atoms with Crippen molar-refractivity contribution in [1.29, 1.82) is 0 Å². The van der Waals surface area contributed by atoms with E-state index in [4.69, 9.17) is 15.3 Å². The number of hydrogen-bond donors (Lipinski definition) is 1. The fourth-order valence-electron chi connectivity index (χ4n) is 2.69. The van der Waals surface area contributed by atoms with Gasteiger partial charge in [-0.25, -0.2) is 5.84 Å². The molecule has 5 nitrogen and oxygen atoms in total. The molecule has 0 aliphatic rings. The zero-order valence-electron chi connectivity index (χ0n) is 14.8. The van der Waals surface area contributed by atoms with Crippen molar-refractivity contribution >= 4 is 22.1 Å². The average Bonchev–Trinajstić information content (AvgIpc) is 2.62. The lowest BCUT2D eigenvalue weighted by molar-refractivity contribution is 0.224. The van der Waals surface area contributed by atoms with E-state index in [1.807, 2.05) is 69.4 Å². The minimum Gasteiger partial charge on any atom is -0.488 e. The van der Waals surface area contributed by atoms with Gasteiger partial charge >= 0.3 is 0 Å². The number of rotatable bonds is 6. The number of hydrogen-bond acceptors (Lipinski definition) is 5. The molecule has 0 bridgehead atoms. The first-order valence-electron chi connectivity index (χ1n) is 8.41. The van der Waals surface area contributed by atoms with Gasteiger partial charge in [-0.1, -0.05) is 12.1 Å². The molecule has 0 aliphatic heterocycles. The average molecular weight is 337 g/mol. The van der Waals surface area contributed by atoms with Crippen molar-refractivity contribution in [3.63, 3.8) is 0 Å². The Morgan fingerprint density at radius 1 is 1.12 bits per heavy atom. The predicted octanol–water partition coefficient (Wildman–Crippen LogP) is 4.43. The van der Waals surface area contributed by atoms with Crippen molar-refractivity contribution in [3.05, 3.63) is 54.9 Å². The highest BCUT2D eigenvalue weighted by atomic mass is 16.5. The summed E-state index contributed by atoms with van der Waals surface area (Å²) in [6.45, 7) is 6.45. The van der Waals surface area contributed by atoms with Gasteiger partial charge in [-0.2, -0.15) is 0 Å². The van der Waals surface area contributed by atoms with Crippen molar-refractivity contribution in [2.75, 3.05) is 11.6 Å². The maximum Gasteiger partial charge on any atom is 0.186 e. The standard InChI is InChI=1S/C20H23N3O2/c1-4-24-20-18(6-5-7-19(20)25-14(2)3)23(21)17-9-8-16-13-22-11-10-15(16)12-17/h5-14H,4,21H2,1-3H3. The summed E-state index contributed by atoms with van der Waals surface area (Å²) in [4.78, 5) is 4.14. The highest BCUT2D eigenvalue weighted by Crippen LogP contribution is 2.40. The van der Waals surface area contributed by atoms with Gasteiger partial charge in [-0.3, -0.25) is 9.99 Å². The molecule has 0 saturated heterocycles. The summed E-state index contributed by atoms with van der Waals surface area (Å²) >= 11 is 0. The van der Waals surface area contributed by atoms with E-state index in [2.05, 4.69) is 4.98 Å². The molecule has 2 N–H and O–H groups in total. The largest absolute Gasteiger partial charge is 0.488 e. The molecule has 130 valence electrons. The molecule has 0 spiro atoms. The van der Waals surface area contributed by atoms with E-state index in [0.717, 1.165) is 22.1 Å². The second kappa shape index (κ2) is 7.40. The van der Waals surface area contributed by atoms with E-state index in [9.17, 15) is 0 Å². The Morgan fingerprint density at radius 2 is 1.96 bits per heavy atom. The summed E-state index contributed by atoms with van der Waals surface area (Å²) < 4.78 is 11.7. The first-order valence-corrected chi connectivity index (χ1v) is 8.41. The SMILES string of the molecule is CCOc1c(OC(C)C)cccc1N(N)c1ccc2cnccc2c1. The Hall–Kier alpha value is -2.79. The van der Waals surface area contributed by atoms with Crippen LogP contribution in [-0.2, 0) is 0 Å². The van der Waals surface area contributed by atoms with Crippen LogP contribution in [-0.4, -0.2) is 17.7 Å². The lowest BCUT2D eigenvalue weighted by Gasteiger charge is -2.24. The first kappa shape index (κ1) is 17.0. The van der Waals surface area contributed by atoms with Crippen LogP contribution >= 0.6 is 0 Å². The molecule has 0 radical (unpaired) electrons. The zero-order valence-corrected chi connectivity index (χ0v) is 14.8. The van der Waals surface area contributed by atoms with Gasteiger partial charge in [0.25, 0.3) is 0 Å². The number of pyridine rings is 1. The van der Waals surface area contributed by atoms with Crippen LogP contribution in [0.4, 0.5) is 11.4 Å². The third-order valence-electron chi connectivity index (χ3n) is 3.77. The molecule has 3 rings (SSSR count). The number of nitrogens with two attached hydrogens (primary N) is 1. The van der Waals surface area contributed by atoms with Crippen molar-refractivity contribution in [3.8, 4) is 11.5 Å². The number of para-hydroxylation sites is 1. The summed E-state index contributed by atoms with van der Waals surface area (Å²) in [6.07, 6.45) is 3.66. The van der Waals surface area contributed by atoms with Crippen LogP contribution < -0.4 is 20.3 Å². The topological polar surface area (TPSA) is 60.6 Å². The zero-order chi connectivity index (χ0) is 17.8. The Balaban J connectivity index is 2.03. The van der Waals surface area contributed by atoms with E-state index in [0.29, 0.717) is 18.1 Å².